The second kappa shape index (κ2) is 4.90. The average Bonchev–Trinajstić information content (AvgIpc) is 2.72. The molecule has 0 radical (unpaired) electrons. The van der Waals surface area contributed by atoms with E-state index in [0.717, 1.165) is 4.90 Å². The minimum atomic E-state index is -1.76. The molecule has 0 N–H and O–H groups in total. The Bertz CT molecular complexity index is 683. The molecule has 6 heteroatoms. The van der Waals surface area contributed by atoms with Crippen LogP contribution >= 0.6 is 0 Å². The summed E-state index contributed by atoms with van der Waals surface area (Å²) in [6.07, 6.45) is 0. The summed E-state index contributed by atoms with van der Waals surface area (Å²) < 4.78 is 4.81. The molecule has 0 aromatic heterocycles. The molecule has 118 valence electrons. The molecule has 0 saturated carbocycles. The summed E-state index contributed by atoms with van der Waals surface area (Å²) in [6.45, 7) is 6.41. The number of hydrogen-bond acceptors (Lipinski definition) is 5. The quantitative estimate of drug-likeness (QED) is 0.432. The minimum absolute atomic E-state index is 0.00259. The Hall–Kier alpha value is -2.24. The van der Waals surface area contributed by atoms with Gasteiger partial charge in [-0.05, 0) is 19.8 Å². The van der Waals surface area contributed by atoms with Gasteiger partial charge >= 0.3 is 5.97 Å². The minimum Gasteiger partial charge on any atom is -0.468 e. The van der Waals surface area contributed by atoms with Crippen LogP contribution in [-0.2, 0) is 23.9 Å². The summed E-state index contributed by atoms with van der Waals surface area (Å²) in [5.74, 6) is -2.76. The van der Waals surface area contributed by atoms with Crippen molar-refractivity contribution in [3.8, 4) is 0 Å². The van der Waals surface area contributed by atoms with E-state index < -0.39 is 34.8 Å². The Morgan fingerprint density at radius 2 is 1.59 bits per heavy atom. The zero-order chi connectivity index (χ0) is 17.0. The number of carbonyl (C=O) groups is 4. The summed E-state index contributed by atoms with van der Waals surface area (Å²) in [5, 5.41) is 0. The van der Waals surface area contributed by atoms with E-state index in [9.17, 15) is 19.2 Å². The first kappa shape index (κ1) is 16.1. The van der Waals surface area contributed by atoms with Gasteiger partial charge in [0.2, 0.25) is 11.7 Å². The SMILES string of the molecule is COC(=O)C1(C(C)C)C(=O)N(C)C2=C1C(=O)C(C)=C(C)C2=O. The number of carbonyl (C=O) groups excluding carboxylic acids is 4. The summed E-state index contributed by atoms with van der Waals surface area (Å²) in [7, 11) is 2.57. The smallest absolute Gasteiger partial charge is 0.326 e. The standard InChI is InChI=1S/C16H19NO5/c1-7(2)16(15(21)22-6)10-11(17(5)14(16)20)13(19)9(4)8(3)12(10)18/h7H,1-6H3. The third-order valence-corrected chi connectivity index (χ3v) is 4.67. The van der Waals surface area contributed by atoms with Crippen molar-refractivity contribution >= 4 is 23.4 Å². The van der Waals surface area contributed by atoms with Crippen LogP contribution in [0.2, 0.25) is 0 Å². The number of ether oxygens (including phenoxy) is 1. The summed E-state index contributed by atoms with van der Waals surface area (Å²) in [5.41, 5.74) is -1.24. The number of nitrogens with zero attached hydrogens (tertiary/aromatic N) is 1. The number of allylic oxidation sites excluding steroid dienone is 2. The summed E-state index contributed by atoms with van der Waals surface area (Å²) in [4.78, 5) is 51.6. The Kier molecular flexibility index (Phi) is 3.59. The van der Waals surface area contributed by atoms with E-state index >= 15 is 0 Å². The van der Waals surface area contributed by atoms with Crippen LogP contribution in [-0.4, -0.2) is 42.5 Å². The number of methoxy groups -OCH3 is 1. The molecule has 1 atom stereocenters. The molecular weight excluding hydrogens is 286 g/mol. The molecule has 6 nitrogen and oxygen atoms in total. The van der Waals surface area contributed by atoms with Crippen LogP contribution in [0.25, 0.3) is 0 Å². The van der Waals surface area contributed by atoms with E-state index in [-0.39, 0.29) is 16.8 Å². The van der Waals surface area contributed by atoms with Crippen molar-refractivity contribution in [2.24, 2.45) is 11.3 Å². The van der Waals surface area contributed by atoms with E-state index in [0.29, 0.717) is 5.57 Å². The van der Waals surface area contributed by atoms with Gasteiger partial charge in [-0.1, -0.05) is 13.8 Å². The van der Waals surface area contributed by atoms with Gasteiger partial charge in [-0.25, -0.2) is 0 Å². The first-order valence-corrected chi connectivity index (χ1v) is 7.02. The predicted octanol–water partition coefficient (Wildman–Crippen LogP) is 1.02. The van der Waals surface area contributed by atoms with Gasteiger partial charge < -0.3 is 9.64 Å². The molecule has 0 aromatic carbocycles. The predicted molar refractivity (Wildman–Crippen MR) is 77.5 cm³/mol. The van der Waals surface area contributed by atoms with E-state index in [1.54, 1.807) is 20.8 Å². The van der Waals surface area contributed by atoms with Crippen LogP contribution in [0.5, 0.6) is 0 Å². The number of likely N-dealkylation sites (N-methyl/N-ethyl adjacent to an activating group) is 1. The van der Waals surface area contributed by atoms with Crippen molar-refractivity contribution < 1.29 is 23.9 Å². The number of amides is 1. The summed E-state index contributed by atoms with van der Waals surface area (Å²) in [6, 6.07) is 0. The third-order valence-electron chi connectivity index (χ3n) is 4.67. The van der Waals surface area contributed by atoms with Crippen molar-refractivity contribution in [2.45, 2.75) is 27.7 Å². The van der Waals surface area contributed by atoms with Gasteiger partial charge in [-0.2, -0.15) is 0 Å². The number of Topliss-reactive ketones (excluding diaryl/α,β-unsaturated/α-hetero) is 2. The Morgan fingerprint density at radius 3 is 2.05 bits per heavy atom. The average molecular weight is 305 g/mol. The Balaban J connectivity index is 2.86. The monoisotopic (exact) mass is 305 g/mol. The topological polar surface area (TPSA) is 80.8 Å². The zero-order valence-corrected chi connectivity index (χ0v) is 13.6. The lowest BCUT2D eigenvalue weighted by Gasteiger charge is -2.31. The van der Waals surface area contributed by atoms with Gasteiger partial charge in [0.1, 0.15) is 5.70 Å². The van der Waals surface area contributed by atoms with Gasteiger partial charge in [0, 0.05) is 18.2 Å². The van der Waals surface area contributed by atoms with Crippen LogP contribution < -0.4 is 0 Å². The second-order valence-electron chi connectivity index (χ2n) is 5.95. The molecule has 1 heterocycles. The van der Waals surface area contributed by atoms with E-state index in [1.807, 2.05) is 0 Å². The molecule has 2 rings (SSSR count). The molecule has 0 fully saturated rings. The molecule has 22 heavy (non-hydrogen) atoms. The fourth-order valence-electron chi connectivity index (χ4n) is 3.21. The maximum Gasteiger partial charge on any atom is 0.326 e. The van der Waals surface area contributed by atoms with Crippen LogP contribution in [0.3, 0.4) is 0 Å². The van der Waals surface area contributed by atoms with Crippen molar-refractivity contribution in [2.75, 3.05) is 14.2 Å². The van der Waals surface area contributed by atoms with Gasteiger partial charge in [0.15, 0.2) is 11.2 Å². The van der Waals surface area contributed by atoms with Crippen LogP contribution in [0.15, 0.2) is 22.4 Å². The summed E-state index contributed by atoms with van der Waals surface area (Å²) >= 11 is 0. The largest absolute Gasteiger partial charge is 0.468 e. The number of rotatable bonds is 2. The van der Waals surface area contributed by atoms with Gasteiger partial charge in [0.25, 0.3) is 0 Å². The van der Waals surface area contributed by atoms with Crippen molar-refractivity contribution in [3.63, 3.8) is 0 Å². The normalized spacial score (nSPS) is 25.4. The van der Waals surface area contributed by atoms with Crippen molar-refractivity contribution in [3.05, 3.63) is 22.4 Å². The molecule has 2 aliphatic rings. The lowest BCUT2D eigenvalue weighted by Crippen LogP contribution is -2.48. The molecule has 0 aromatic rings. The maximum absolute atomic E-state index is 12.8. The zero-order valence-electron chi connectivity index (χ0n) is 13.6. The highest BCUT2D eigenvalue weighted by molar-refractivity contribution is 6.33. The lowest BCUT2D eigenvalue weighted by molar-refractivity contribution is -0.161. The highest BCUT2D eigenvalue weighted by atomic mass is 16.5. The van der Waals surface area contributed by atoms with Gasteiger partial charge in [0.05, 0.1) is 12.7 Å². The molecule has 0 saturated heterocycles. The fraction of sp³-hybridized carbons (Fsp3) is 0.500. The van der Waals surface area contributed by atoms with Crippen LogP contribution in [0, 0.1) is 11.3 Å². The van der Waals surface area contributed by atoms with E-state index in [2.05, 4.69) is 0 Å². The molecular formula is C16H19NO5. The second-order valence-corrected chi connectivity index (χ2v) is 5.95. The molecule has 1 unspecified atom stereocenters. The fourth-order valence-corrected chi connectivity index (χ4v) is 3.21. The van der Waals surface area contributed by atoms with Gasteiger partial charge in [-0.15, -0.1) is 0 Å². The Labute approximate surface area is 128 Å². The number of esters is 1. The first-order chi connectivity index (χ1) is 10.1. The Morgan fingerprint density at radius 1 is 1.09 bits per heavy atom. The van der Waals surface area contributed by atoms with Crippen molar-refractivity contribution in [1.29, 1.82) is 0 Å². The number of ketones is 2. The maximum atomic E-state index is 12.8. The third kappa shape index (κ3) is 1.60. The highest BCUT2D eigenvalue weighted by Gasteiger charge is 2.64. The van der Waals surface area contributed by atoms with Gasteiger partial charge in [-0.3, -0.25) is 19.2 Å². The number of hydrogen-bond donors (Lipinski definition) is 0. The molecule has 0 bridgehead atoms. The van der Waals surface area contributed by atoms with Crippen molar-refractivity contribution in [1.82, 2.24) is 4.90 Å². The molecule has 0 spiro atoms. The first-order valence-electron chi connectivity index (χ1n) is 7.02. The molecule has 1 aliphatic carbocycles. The van der Waals surface area contributed by atoms with Crippen LogP contribution in [0.4, 0.5) is 0 Å². The van der Waals surface area contributed by atoms with E-state index in [1.165, 1.54) is 21.1 Å². The molecule has 1 aliphatic heterocycles. The van der Waals surface area contributed by atoms with E-state index in [4.69, 9.17) is 4.74 Å². The highest BCUT2D eigenvalue weighted by Crippen LogP contribution is 2.49. The molecule has 1 amide bonds. The van der Waals surface area contributed by atoms with Crippen LogP contribution in [0.1, 0.15) is 27.7 Å². The lowest BCUT2D eigenvalue weighted by atomic mass is 9.68.